The summed E-state index contributed by atoms with van der Waals surface area (Å²) in [6.45, 7) is 15.6. The van der Waals surface area contributed by atoms with Gasteiger partial charge in [0.1, 0.15) is 52.1 Å². The first kappa shape index (κ1) is 89.9. The number of benzene rings is 8. The van der Waals surface area contributed by atoms with Crippen LogP contribution < -0.4 is 44.3 Å². The van der Waals surface area contributed by atoms with E-state index in [0.717, 1.165) is 82.6 Å². The third-order valence-corrected chi connectivity index (χ3v) is 25.2. The lowest BCUT2D eigenvalue weighted by Crippen LogP contribution is -2.37. The number of aromatic nitrogens is 3. The van der Waals surface area contributed by atoms with E-state index in [1.54, 1.807) is 32.0 Å². The number of aromatic amines is 3. The number of furan rings is 2. The molecule has 121 heavy (non-hydrogen) atoms. The van der Waals surface area contributed by atoms with Crippen LogP contribution in [-0.2, 0) is 49.3 Å². The summed E-state index contributed by atoms with van der Waals surface area (Å²) in [6, 6.07) is 49.5. The number of sulfonamides is 3. The molecule has 13 rings (SSSR count). The van der Waals surface area contributed by atoms with Crippen LogP contribution in [0.25, 0.3) is 43.5 Å². The molecule has 0 fully saturated rings. The number of aryl methyl sites for hydroxylation is 11. The minimum absolute atomic E-state index is 0.158. The van der Waals surface area contributed by atoms with Crippen molar-refractivity contribution in [2.75, 3.05) is 56.7 Å². The van der Waals surface area contributed by atoms with Gasteiger partial charge in [-0.05, 0) is 234 Å². The fourth-order valence-corrected chi connectivity index (χ4v) is 16.7. The van der Waals surface area contributed by atoms with E-state index in [9.17, 15) is 54.0 Å². The summed E-state index contributed by atoms with van der Waals surface area (Å²) in [4.78, 5) is 85.4. The van der Waals surface area contributed by atoms with Crippen molar-refractivity contribution in [3.05, 3.63) is 287 Å². The third-order valence-electron chi connectivity index (χ3n) is 19.7. The quantitative estimate of drug-likeness (QED) is 0.0173. The topological polar surface area (TPSA) is 378 Å². The molecule has 0 bridgehead atoms. The summed E-state index contributed by atoms with van der Waals surface area (Å²) in [5, 5.41) is 14.2. The van der Waals surface area contributed by atoms with E-state index in [4.69, 9.17) is 57.8 Å². The van der Waals surface area contributed by atoms with Gasteiger partial charge in [0.25, 0.3) is 35.4 Å². The number of fused-ring (bicyclic) bond motifs is 4. The summed E-state index contributed by atoms with van der Waals surface area (Å²) in [5.74, 6) is -1.80. The zero-order valence-electron chi connectivity index (χ0n) is 67.6. The van der Waals surface area contributed by atoms with Crippen molar-refractivity contribution in [2.24, 2.45) is 0 Å². The van der Waals surface area contributed by atoms with Gasteiger partial charge in [-0.3, -0.25) is 28.8 Å². The molecular formula is C89H92Cl3N9O17S3. The number of carbonyl (C=O) groups excluding carboxylic acids is 6. The van der Waals surface area contributed by atoms with Gasteiger partial charge < -0.3 is 53.9 Å². The van der Waals surface area contributed by atoms with Crippen LogP contribution in [0.2, 0.25) is 15.1 Å². The molecule has 8 aromatic carbocycles. The second kappa shape index (κ2) is 40.5. The van der Waals surface area contributed by atoms with E-state index in [-0.39, 0.29) is 42.3 Å². The number of H-pyrrole nitrogens is 3. The van der Waals surface area contributed by atoms with Crippen molar-refractivity contribution in [2.45, 2.75) is 93.9 Å². The zero-order chi connectivity index (χ0) is 86.9. The molecule has 32 heteroatoms. The molecular weight excluding hydrogens is 1670 g/mol. The van der Waals surface area contributed by atoms with E-state index < -0.39 is 82.8 Å². The summed E-state index contributed by atoms with van der Waals surface area (Å²) in [5.41, 5.74) is 11.5. The van der Waals surface area contributed by atoms with Crippen LogP contribution in [0, 0.1) is 55.4 Å². The van der Waals surface area contributed by atoms with Crippen molar-refractivity contribution in [1.29, 1.82) is 0 Å². The fraction of sp³-hybridized carbons (Fsp3) is 0.258. The number of carbonyl (C=O) groups is 6. The van der Waals surface area contributed by atoms with Crippen LogP contribution in [0.3, 0.4) is 0 Å². The average Bonchev–Trinajstić information content (AvgIpc) is 1.67. The molecule has 6 amide bonds. The number of hydrogen-bond donors (Lipinski definition) is 9. The molecule has 0 spiro atoms. The molecule has 0 aliphatic rings. The zero-order valence-corrected chi connectivity index (χ0v) is 72.4. The van der Waals surface area contributed by atoms with E-state index in [1.165, 1.54) is 18.6 Å². The maximum atomic E-state index is 13.2. The minimum atomic E-state index is -4.04. The van der Waals surface area contributed by atoms with Crippen molar-refractivity contribution in [3.8, 4) is 17.2 Å². The molecule has 5 aromatic heterocycles. The predicted octanol–water partition coefficient (Wildman–Crippen LogP) is 15.8. The fourth-order valence-electron chi connectivity index (χ4n) is 13.8. The number of nitrogens with one attached hydrogen (secondary N) is 9. The van der Waals surface area contributed by atoms with Crippen molar-refractivity contribution < 1.29 is 77.1 Å². The highest BCUT2D eigenvalue weighted by atomic mass is 35.5. The standard InChI is InChI=1S/C33H32ClN3O5S.C29H32ClN3O6S.C27H28ClN3O6S/c1-21-18-26(19-22(2)30(21)34)42-16-7-11-28-27-10-5-6-12-29(27)36-31(28)33(39)37-43(40,41)17-15-35-32(38)25-14-13-23-8-3-4-9-24(23)20-25;1-17-14-21(15-18(2)26(17)30)38-12-7-9-23-22-8-5-6-10-25(22)32-27(23)29(35)33-40(36,37)13-11-31-28(34)24-16-19(3)39-20(24)4;1-17-14-20(15-18(2)24(17)28)37-11-5-7-22-21-6-3-4-8-23(21)30-25(22)27(33)31-38(34,35)13-10-29-26(32)19-9-12-36-16-19/h3-6,8-10,12-14,18-20,36H,7,11,15-17H2,1-2H3,(H,35,38)(H,37,39);5-6,8,10,14-16,32H,7,9,11-13H2,1-4H3,(H,31,34)(H,33,35);3-4,6,8-9,12,14-16,30H,5,7,10-11,13H2,1-2H3,(H,29,32)(H,31,33). The van der Waals surface area contributed by atoms with Gasteiger partial charge in [-0.25, -0.2) is 39.4 Å². The molecule has 0 atom stereocenters. The Hall–Kier alpha value is -11.9. The Balaban J connectivity index is 0.000000178. The van der Waals surface area contributed by atoms with Crippen LogP contribution in [0.15, 0.2) is 185 Å². The van der Waals surface area contributed by atoms with E-state index in [2.05, 4.69) is 45.1 Å². The molecule has 634 valence electrons. The SMILES string of the molecule is Cc1cc(C(=O)NCCS(=O)(=O)NC(=O)c2[nH]c3ccccc3c2CCCOc2cc(C)c(Cl)c(C)c2)c(C)o1.Cc1cc(OCCCc2c(C(=O)NS(=O)(=O)CCNC(=O)c3ccc4ccccc4c3)[nH]c3ccccc23)cc(C)c1Cl.Cc1cc(OCCCc2c(C(=O)NS(=O)(=O)CCNC(=O)c3ccoc3)[nH]c3ccccc23)cc(C)c1Cl. The molecule has 0 aliphatic carbocycles. The van der Waals surface area contributed by atoms with Gasteiger partial charge in [0, 0.05) is 73.0 Å². The molecule has 0 unspecified atom stereocenters. The minimum Gasteiger partial charge on any atom is -0.494 e. The molecule has 13 aromatic rings. The van der Waals surface area contributed by atoms with Gasteiger partial charge >= 0.3 is 0 Å². The lowest BCUT2D eigenvalue weighted by Gasteiger charge is -2.11. The smallest absolute Gasteiger partial charge is 0.281 e. The highest BCUT2D eigenvalue weighted by molar-refractivity contribution is 7.90. The Kier molecular flexibility index (Phi) is 30.1. The number of halogens is 3. The normalized spacial score (nSPS) is 11.5. The molecule has 5 heterocycles. The highest BCUT2D eigenvalue weighted by Gasteiger charge is 2.27. The van der Waals surface area contributed by atoms with Crippen molar-refractivity contribution >= 4 is 144 Å². The van der Waals surface area contributed by atoms with Gasteiger partial charge in [-0.15, -0.1) is 0 Å². The molecule has 26 nitrogen and oxygen atoms in total. The van der Waals surface area contributed by atoms with Gasteiger partial charge in [-0.1, -0.05) is 120 Å². The average molecular weight is 1760 g/mol. The largest absolute Gasteiger partial charge is 0.494 e. The highest BCUT2D eigenvalue weighted by Crippen LogP contribution is 2.32. The summed E-state index contributed by atoms with van der Waals surface area (Å²) in [7, 11) is -12.1. The Bertz CT molecular complexity index is 6310. The first-order valence-electron chi connectivity index (χ1n) is 38.7. The second-order valence-corrected chi connectivity index (χ2v) is 35.6. The Labute approximate surface area is 715 Å². The summed E-state index contributed by atoms with van der Waals surface area (Å²) in [6.07, 6.45) is 5.83. The summed E-state index contributed by atoms with van der Waals surface area (Å²) >= 11 is 18.7. The molecule has 0 aliphatic heterocycles. The van der Waals surface area contributed by atoms with Gasteiger partial charge in [-0.2, -0.15) is 0 Å². The number of para-hydroxylation sites is 3. The van der Waals surface area contributed by atoms with Crippen molar-refractivity contribution in [3.63, 3.8) is 0 Å². The number of hydrogen-bond acceptors (Lipinski definition) is 17. The van der Waals surface area contributed by atoms with Crippen LogP contribution in [0.4, 0.5) is 0 Å². The monoisotopic (exact) mass is 1760 g/mol. The van der Waals surface area contributed by atoms with E-state index in [1.807, 2.05) is 181 Å². The number of rotatable bonds is 33. The van der Waals surface area contributed by atoms with Crippen LogP contribution >= 0.6 is 34.8 Å². The first-order valence-corrected chi connectivity index (χ1v) is 44.8. The molecule has 0 saturated heterocycles. The maximum Gasteiger partial charge on any atom is 0.281 e. The molecule has 0 saturated carbocycles. The van der Waals surface area contributed by atoms with E-state index in [0.29, 0.717) is 124 Å². The Morgan fingerprint density at radius 1 is 0.380 bits per heavy atom. The number of ether oxygens (including phenoxy) is 3. The van der Waals surface area contributed by atoms with Crippen LogP contribution in [-0.4, -0.2) is 132 Å². The second-order valence-electron chi connectivity index (χ2n) is 29.0. The third kappa shape index (κ3) is 24.0. The lowest BCUT2D eigenvalue weighted by atomic mass is 10.1. The maximum absolute atomic E-state index is 13.2. The Morgan fingerprint density at radius 2 is 0.719 bits per heavy atom. The first-order chi connectivity index (χ1) is 57.7. The molecule has 9 N–H and O–H groups in total. The van der Waals surface area contributed by atoms with Crippen LogP contribution in [0.5, 0.6) is 17.2 Å². The molecule has 0 radical (unpaired) electrons. The summed E-state index contributed by atoms with van der Waals surface area (Å²) < 4.78 is 110. The lowest BCUT2D eigenvalue weighted by molar-refractivity contribution is 0.0946. The van der Waals surface area contributed by atoms with Gasteiger partial charge in [0.2, 0.25) is 30.1 Å². The van der Waals surface area contributed by atoms with Gasteiger partial charge in [0.15, 0.2) is 0 Å². The number of amides is 6. The van der Waals surface area contributed by atoms with Gasteiger partial charge in [0.05, 0.1) is 54.5 Å². The Morgan fingerprint density at radius 3 is 1.07 bits per heavy atom. The van der Waals surface area contributed by atoms with Crippen molar-refractivity contribution in [1.82, 2.24) is 45.1 Å². The van der Waals surface area contributed by atoms with Crippen LogP contribution in [0.1, 0.15) is 143 Å². The predicted molar refractivity (Wildman–Crippen MR) is 471 cm³/mol. The van der Waals surface area contributed by atoms with E-state index >= 15 is 0 Å².